The lowest BCUT2D eigenvalue weighted by Gasteiger charge is -2.35. The van der Waals surface area contributed by atoms with Gasteiger partial charge in [0.15, 0.2) is 0 Å². The van der Waals surface area contributed by atoms with Crippen molar-refractivity contribution in [2.45, 2.75) is 5.41 Å². The maximum Gasteiger partial charge on any atom is 0.0720 e. The van der Waals surface area contributed by atoms with Gasteiger partial charge in [-0.05, 0) is 152 Å². The van der Waals surface area contributed by atoms with Crippen LogP contribution in [0.1, 0.15) is 31.8 Å². The topological polar surface area (TPSA) is 11.4 Å². The smallest absolute Gasteiger partial charge is 0.0720 e. The van der Waals surface area contributed by atoms with Crippen LogP contribution in [0.4, 0.5) is 34.1 Å². The summed E-state index contributed by atoms with van der Waals surface area (Å²) in [6.07, 6.45) is 0. The van der Waals surface area contributed by atoms with Gasteiger partial charge < -0.3 is 14.4 Å². The lowest BCUT2D eigenvalue weighted by molar-refractivity contribution is 0.777. The Bertz CT molecular complexity index is 4540. The molecule has 72 heavy (non-hydrogen) atoms. The van der Waals surface area contributed by atoms with Gasteiger partial charge in [0.2, 0.25) is 0 Å². The third kappa shape index (κ3) is 6.52. The van der Waals surface area contributed by atoms with Gasteiger partial charge in [-0.25, -0.2) is 0 Å². The van der Waals surface area contributed by atoms with E-state index in [2.05, 4.69) is 160 Å². The minimum atomic E-state index is -1.53. The number of nitrogens with zero attached hydrogens (tertiary/aromatic N) is 3. The number of benzene rings is 12. The summed E-state index contributed by atoms with van der Waals surface area (Å²) in [4.78, 5) is 4.47. The molecule has 1 unspecified atom stereocenters. The summed E-state index contributed by atoms with van der Waals surface area (Å²) >= 11 is 0. The van der Waals surface area contributed by atoms with Crippen molar-refractivity contribution in [1.29, 1.82) is 0 Å². The molecule has 1 heterocycles. The zero-order chi connectivity index (χ0) is 53.7. The van der Waals surface area contributed by atoms with Crippen LogP contribution in [0.15, 0.2) is 285 Å². The number of aromatic nitrogens is 1. The molecule has 0 bridgehead atoms. The maximum atomic E-state index is 10.3. The van der Waals surface area contributed by atoms with Gasteiger partial charge in [-0.1, -0.05) is 188 Å². The molecule has 1 aliphatic rings. The molecule has 0 saturated heterocycles. The Morgan fingerprint density at radius 3 is 1.50 bits per heavy atom. The van der Waals surface area contributed by atoms with E-state index in [9.17, 15) is 8.22 Å². The first-order valence-corrected chi connectivity index (χ1v) is 24.3. The summed E-state index contributed by atoms with van der Waals surface area (Å²) < 4.78 is 69.0. The third-order valence-electron chi connectivity index (χ3n) is 14.5. The van der Waals surface area contributed by atoms with Crippen LogP contribution >= 0.6 is 0 Å². The predicted molar refractivity (Wildman–Crippen MR) is 302 cm³/mol. The van der Waals surface area contributed by atoms with Gasteiger partial charge >= 0.3 is 0 Å². The van der Waals surface area contributed by atoms with Crippen LogP contribution in [0.2, 0.25) is 0 Å². The van der Waals surface area contributed by atoms with E-state index in [1.807, 2.05) is 97.1 Å². The summed E-state index contributed by atoms with van der Waals surface area (Å²) in [5.74, 6) is 0. The molecule has 13 aromatic rings. The van der Waals surface area contributed by atoms with E-state index in [0.717, 1.165) is 100 Å². The highest BCUT2D eigenvalue weighted by molar-refractivity contribution is 6.10. The van der Waals surface area contributed by atoms with E-state index in [4.69, 9.17) is 1.37 Å². The number of para-hydroxylation sites is 5. The van der Waals surface area contributed by atoms with E-state index in [1.54, 1.807) is 0 Å². The highest BCUT2D eigenvalue weighted by Crippen LogP contribution is 2.60. The Morgan fingerprint density at radius 2 is 0.833 bits per heavy atom. The number of hydrogen-bond donors (Lipinski definition) is 0. The molecule has 0 saturated carbocycles. The largest absolute Gasteiger partial charge is 0.310 e. The molecule has 0 N–H and O–H groups in total. The fourth-order valence-corrected chi connectivity index (χ4v) is 11.4. The molecular formula is C69H47N3. The van der Waals surface area contributed by atoms with Crippen LogP contribution < -0.4 is 9.80 Å². The van der Waals surface area contributed by atoms with Crippen molar-refractivity contribution in [3.8, 4) is 16.8 Å². The quantitative estimate of drug-likeness (QED) is 0.143. The molecule has 12 aromatic carbocycles. The van der Waals surface area contributed by atoms with Gasteiger partial charge in [-0.15, -0.1) is 0 Å². The lowest BCUT2D eigenvalue weighted by atomic mass is 9.66. The fraction of sp³-hybridized carbons (Fsp3) is 0.0145. The summed E-state index contributed by atoms with van der Waals surface area (Å²) in [6, 6.07) is 80.3. The first-order valence-electron chi connectivity index (χ1n) is 27.8. The van der Waals surface area contributed by atoms with Gasteiger partial charge in [-0.2, -0.15) is 0 Å². The average molecular weight is 925 g/mol. The van der Waals surface area contributed by atoms with Gasteiger partial charge in [0.05, 0.1) is 26.0 Å². The van der Waals surface area contributed by atoms with E-state index < -0.39 is 35.6 Å². The predicted octanol–water partition coefficient (Wildman–Crippen LogP) is 18.4. The average Bonchev–Trinajstić information content (AvgIpc) is 4.20. The summed E-state index contributed by atoms with van der Waals surface area (Å²) in [5, 5.41) is 4.18. The Labute approximate surface area is 429 Å². The highest BCUT2D eigenvalue weighted by atomic mass is 15.1. The Kier molecular flexibility index (Phi) is 8.17. The van der Waals surface area contributed by atoms with Crippen LogP contribution in [0.5, 0.6) is 0 Å². The van der Waals surface area contributed by atoms with E-state index in [1.165, 1.54) is 0 Å². The Hall–Kier alpha value is -9.44. The van der Waals surface area contributed by atoms with Gasteiger partial charge in [0.1, 0.15) is 0 Å². The molecule has 3 nitrogen and oxygen atoms in total. The normalized spacial score (nSPS) is 15.2. The van der Waals surface area contributed by atoms with Crippen molar-refractivity contribution in [1.82, 2.24) is 4.57 Å². The van der Waals surface area contributed by atoms with Gasteiger partial charge in [-0.3, -0.25) is 0 Å². The lowest BCUT2D eigenvalue weighted by Crippen LogP contribution is -2.29. The number of anilines is 6. The van der Waals surface area contributed by atoms with Crippen molar-refractivity contribution in [3.63, 3.8) is 0 Å². The van der Waals surface area contributed by atoms with Crippen LogP contribution in [0.25, 0.3) is 60.2 Å². The van der Waals surface area contributed by atoms with Crippen molar-refractivity contribution in [2.75, 3.05) is 9.80 Å². The fourth-order valence-electron chi connectivity index (χ4n) is 11.4. The third-order valence-corrected chi connectivity index (χ3v) is 14.5. The van der Waals surface area contributed by atoms with E-state index in [-0.39, 0.29) is 28.4 Å². The molecule has 0 spiro atoms. The minimum absolute atomic E-state index is 0.0323. The van der Waals surface area contributed by atoms with Crippen LogP contribution in [0, 0.1) is 0 Å². The second-order valence-corrected chi connectivity index (χ2v) is 18.3. The monoisotopic (exact) mass is 924 g/mol. The Balaban J connectivity index is 1.16. The molecule has 338 valence electrons. The van der Waals surface area contributed by atoms with E-state index in [0.29, 0.717) is 0 Å². The second kappa shape index (κ2) is 16.9. The van der Waals surface area contributed by atoms with E-state index >= 15 is 0 Å². The zero-order valence-corrected chi connectivity index (χ0v) is 38.9. The van der Waals surface area contributed by atoms with Crippen LogP contribution in [0.3, 0.4) is 0 Å². The van der Waals surface area contributed by atoms with Crippen molar-refractivity contribution in [3.05, 3.63) is 307 Å². The number of fused-ring (bicyclic) bond motifs is 8. The molecule has 0 fully saturated rings. The van der Waals surface area contributed by atoms with Crippen molar-refractivity contribution < 1.29 is 9.60 Å². The molecule has 0 amide bonds. The Morgan fingerprint density at radius 1 is 0.319 bits per heavy atom. The second-order valence-electron chi connectivity index (χ2n) is 18.3. The molecule has 1 atom stereocenters. The minimum Gasteiger partial charge on any atom is -0.310 e. The summed E-state index contributed by atoms with van der Waals surface area (Å²) in [5.41, 5.74) is 10.9. The van der Waals surface area contributed by atoms with Crippen molar-refractivity contribution >= 4 is 77.5 Å². The molecule has 0 aliphatic heterocycles. The van der Waals surface area contributed by atoms with Crippen molar-refractivity contribution in [2.24, 2.45) is 0 Å². The zero-order valence-electron chi connectivity index (χ0n) is 45.9. The summed E-state index contributed by atoms with van der Waals surface area (Å²) in [6.45, 7) is 0. The first-order chi connectivity index (χ1) is 38.6. The summed E-state index contributed by atoms with van der Waals surface area (Å²) in [7, 11) is 0. The molecule has 14 rings (SSSR count). The SMILES string of the molecule is [2H]c1c([2H])c([2H])c2c(C3(c4ccc5c6ccccc6n(-c6ccccc6)c5c4)c4ccc(N(c5ccccc5)c5ccccc5)cc4-c4cc(N(c5ccccc5)c5ccc6ccccc6c5)ccc43)c([2H])c([2H])c([2H])c2c1[2H]. The standard InChI is InChI=1S/C69H47N3/c1-5-24-52(25-6-1)70(53-26-7-2-8-27-53)57-39-42-65-62(46-57)63-47-58(71(54-28-9-3-10-29-54)56-38-36-48-20-13-14-22-50(48)44-56)40-43-66(63)69(65,64-34-19-23-49-21-15-16-32-59(49)64)51-37-41-61-60-33-17-18-35-67(60)72(68(61)45-51)55-30-11-4-12-31-55/h1-47H/i15D,16D,19D,21D,23D,32D,34D. The number of hydrogen-bond acceptors (Lipinski definition) is 2. The molecule has 3 heteroatoms. The highest BCUT2D eigenvalue weighted by Gasteiger charge is 2.48. The van der Waals surface area contributed by atoms with Crippen LogP contribution in [-0.4, -0.2) is 4.57 Å². The molecule has 1 aliphatic carbocycles. The van der Waals surface area contributed by atoms with Crippen LogP contribution in [-0.2, 0) is 5.41 Å². The molecule has 1 aromatic heterocycles. The molecular weight excluding hydrogens is 871 g/mol. The molecule has 0 radical (unpaired) electrons. The first kappa shape index (κ1) is 34.8. The number of rotatable bonds is 9. The maximum absolute atomic E-state index is 10.3. The van der Waals surface area contributed by atoms with Gasteiger partial charge in [0, 0.05) is 50.6 Å². The van der Waals surface area contributed by atoms with Gasteiger partial charge in [0.25, 0.3) is 0 Å².